The maximum atomic E-state index is 5.62. The van der Waals surface area contributed by atoms with Crippen molar-refractivity contribution >= 4 is 31.9 Å². The van der Waals surface area contributed by atoms with Gasteiger partial charge in [-0.05, 0) is 38.5 Å². The van der Waals surface area contributed by atoms with Crippen molar-refractivity contribution in [2.24, 2.45) is 0 Å². The van der Waals surface area contributed by atoms with Gasteiger partial charge in [-0.15, -0.1) is 0 Å². The van der Waals surface area contributed by atoms with Crippen LogP contribution < -0.4 is 0 Å². The van der Waals surface area contributed by atoms with E-state index < -0.39 is 0 Å². The summed E-state index contributed by atoms with van der Waals surface area (Å²) in [6.07, 6.45) is 18.4. The predicted octanol–water partition coefficient (Wildman–Crippen LogP) is 7.27. The van der Waals surface area contributed by atoms with Crippen molar-refractivity contribution in [1.82, 2.24) is 0 Å². The fourth-order valence-corrected chi connectivity index (χ4v) is 3.42. The molecule has 0 aromatic carbocycles. The van der Waals surface area contributed by atoms with Crippen molar-refractivity contribution in [2.75, 3.05) is 37.1 Å². The van der Waals surface area contributed by atoms with Crippen LogP contribution >= 0.6 is 31.9 Å². The number of unbranched alkanes of at least 4 members (excludes halogenated alkanes) is 11. The van der Waals surface area contributed by atoms with Crippen LogP contribution in [0.3, 0.4) is 0 Å². The molecule has 4 heteroatoms. The second-order valence-electron chi connectivity index (χ2n) is 6.55. The van der Waals surface area contributed by atoms with E-state index in [-0.39, 0.29) is 0 Å². The first kappa shape index (κ1) is 24.9. The molecule has 0 N–H and O–H groups in total. The van der Waals surface area contributed by atoms with E-state index in [4.69, 9.17) is 9.47 Å². The minimum Gasteiger partial charge on any atom is -0.381 e. The number of ether oxygens (including phenoxy) is 2. The standard InChI is InChI=1S/C20H40Br2O2/c21-15-9-13-19-23-17-11-7-5-3-1-2-4-6-8-12-18-24-20-14-10-16-22/h1-20H2. The van der Waals surface area contributed by atoms with Crippen LogP contribution in [0.5, 0.6) is 0 Å². The Hall–Kier alpha value is 0.880. The summed E-state index contributed by atoms with van der Waals surface area (Å²) < 4.78 is 11.2. The van der Waals surface area contributed by atoms with Crippen LogP contribution in [0.2, 0.25) is 0 Å². The third-order valence-electron chi connectivity index (χ3n) is 4.17. The number of hydrogen-bond donors (Lipinski definition) is 0. The SMILES string of the molecule is BrCCCCOCCCCCCCCCCCCOCCCCBr. The molecule has 0 aromatic rings. The van der Waals surface area contributed by atoms with Crippen molar-refractivity contribution < 1.29 is 9.47 Å². The monoisotopic (exact) mass is 470 g/mol. The van der Waals surface area contributed by atoms with Gasteiger partial charge >= 0.3 is 0 Å². The summed E-state index contributed by atoms with van der Waals surface area (Å²) >= 11 is 6.88. The van der Waals surface area contributed by atoms with E-state index in [1.165, 1.54) is 89.9 Å². The van der Waals surface area contributed by atoms with E-state index in [1.807, 2.05) is 0 Å². The molecule has 0 aliphatic heterocycles. The smallest absolute Gasteiger partial charge is 0.0466 e. The van der Waals surface area contributed by atoms with Crippen LogP contribution in [0.1, 0.15) is 89.9 Å². The van der Waals surface area contributed by atoms with Gasteiger partial charge in [0.15, 0.2) is 0 Å². The fraction of sp³-hybridized carbons (Fsp3) is 1.00. The molecule has 0 saturated heterocycles. The molecule has 2 nitrogen and oxygen atoms in total. The average molecular weight is 472 g/mol. The highest BCUT2D eigenvalue weighted by atomic mass is 79.9. The van der Waals surface area contributed by atoms with Crippen molar-refractivity contribution in [3.05, 3.63) is 0 Å². The molecule has 0 aliphatic rings. The quantitative estimate of drug-likeness (QED) is 0.129. The van der Waals surface area contributed by atoms with Crippen molar-refractivity contribution in [3.8, 4) is 0 Å². The van der Waals surface area contributed by atoms with Gasteiger partial charge in [0.1, 0.15) is 0 Å². The molecular weight excluding hydrogens is 432 g/mol. The Balaban J connectivity index is 2.93. The molecule has 0 amide bonds. The van der Waals surface area contributed by atoms with Crippen LogP contribution in [-0.2, 0) is 9.47 Å². The Bertz CT molecular complexity index is 194. The Morgan fingerprint density at radius 1 is 0.333 bits per heavy atom. The van der Waals surface area contributed by atoms with Gasteiger partial charge in [-0.25, -0.2) is 0 Å². The van der Waals surface area contributed by atoms with Gasteiger partial charge < -0.3 is 9.47 Å². The second kappa shape index (κ2) is 23.9. The lowest BCUT2D eigenvalue weighted by Gasteiger charge is -2.05. The van der Waals surface area contributed by atoms with Crippen LogP contribution in [0.15, 0.2) is 0 Å². The summed E-state index contributed by atoms with van der Waals surface area (Å²) in [4.78, 5) is 0. The van der Waals surface area contributed by atoms with Gasteiger partial charge in [0.25, 0.3) is 0 Å². The van der Waals surface area contributed by atoms with E-state index in [2.05, 4.69) is 31.9 Å². The molecule has 0 radical (unpaired) electrons. The third kappa shape index (κ3) is 22.9. The Morgan fingerprint density at radius 3 is 0.875 bits per heavy atom. The summed E-state index contributed by atoms with van der Waals surface area (Å²) in [6, 6.07) is 0. The molecule has 0 unspecified atom stereocenters. The zero-order valence-electron chi connectivity index (χ0n) is 15.7. The minimum atomic E-state index is 0.938. The molecule has 0 heterocycles. The maximum Gasteiger partial charge on any atom is 0.0466 e. The molecule has 0 fully saturated rings. The summed E-state index contributed by atoms with van der Waals surface area (Å²) in [5.74, 6) is 0. The van der Waals surface area contributed by atoms with Crippen LogP contribution in [0.25, 0.3) is 0 Å². The van der Waals surface area contributed by atoms with E-state index in [0.29, 0.717) is 0 Å². The first-order chi connectivity index (χ1) is 11.9. The van der Waals surface area contributed by atoms with Crippen molar-refractivity contribution in [3.63, 3.8) is 0 Å². The van der Waals surface area contributed by atoms with Gasteiger partial charge in [-0.1, -0.05) is 83.2 Å². The first-order valence-electron chi connectivity index (χ1n) is 10.2. The number of hydrogen-bond acceptors (Lipinski definition) is 2. The van der Waals surface area contributed by atoms with Gasteiger partial charge in [0.2, 0.25) is 0 Å². The molecule has 0 bridgehead atoms. The Morgan fingerprint density at radius 2 is 0.583 bits per heavy atom. The molecule has 0 rings (SSSR count). The largest absolute Gasteiger partial charge is 0.381 e. The van der Waals surface area contributed by atoms with E-state index in [9.17, 15) is 0 Å². The molecule has 0 spiro atoms. The number of halogens is 2. The third-order valence-corrected chi connectivity index (χ3v) is 5.29. The van der Waals surface area contributed by atoms with Gasteiger partial charge in [-0.2, -0.15) is 0 Å². The first-order valence-corrected chi connectivity index (χ1v) is 12.4. The van der Waals surface area contributed by atoms with Crippen molar-refractivity contribution in [2.45, 2.75) is 89.9 Å². The zero-order valence-corrected chi connectivity index (χ0v) is 18.9. The Labute approximate surface area is 168 Å². The zero-order chi connectivity index (χ0) is 17.6. The maximum absolute atomic E-state index is 5.62. The lowest BCUT2D eigenvalue weighted by Crippen LogP contribution is -1.97. The molecule has 24 heavy (non-hydrogen) atoms. The van der Waals surface area contributed by atoms with Crippen LogP contribution in [0.4, 0.5) is 0 Å². The average Bonchev–Trinajstić information content (AvgIpc) is 2.60. The molecule has 0 aliphatic carbocycles. The van der Waals surface area contributed by atoms with Crippen LogP contribution in [-0.4, -0.2) is 37.1 Å². The summed E-state index contributed by atoms with van der Waals surface area (Å²) in [7, 11) is 0. The van der Waals surface area contributed by atoms with Crippen molar-refractivity contribution in [1.29, 1.82) is 0 Å². The summed E-state index contributed by atoms with van der Waals surface area (Å²) in [5, 5.41) is 2.20. The normalized spacial score (nSPS) is 11.2. The molecule has 0 aromatic heterocycles. The highest BCUT2D eigenvalue weighted by Crippen LogP contribution is 2.11. The fourth-order valence-electron chi connectivity index (χ4n) is 2.62. The molecule has 0 atom stereocenters. The van der Waals surface area contributed by atoms with Crippen LogP contribution in [0, 0.1) is 0 Å². The van der Waals surface area contributed by atoms with E-state index in [0.717, 1.165) is 37.1 Å². The summed E-state index contributed by atoms with van der Waals surface area (Å²) in [6.45, 7) is 3.79. The Kier molecular flexibility index (Phi) is 24.8. The minimum absolute atomic E-state index is 0.938. The lowest BCUT2D eigenvalue weighted by atomic mass is 10.1. The lowest BCUT2D eigenvalue weighted by molar-refractivity contribution is 0.127. The highest BCUT2D eigenvalue weighted by molar-refractivity contribution is 9.09. The number of rotatable bonds is 21. The summed E-state index contributed by atoms with van der Waals surface area (Å²) in [5.41, 5.74) is 0. The highest BCUT2D eigenvalue weighted by Gasteiger charge is 1.95. The molecule has 0 saturated carbocycles. The van der Waals surface area contributed by atoms with E-state index in [1.54, 1.807) is 0 Å². The van der Waals surface area contributed by atoms with Gasteiger partial charge in [0, 0.05) is 37.1 Å². The second-order valence-corrected chi connectivity index (χ2v) is 8.14. The predicted molar refractivity (Wildman–Crippen MR) is 114 cm³/mol. The topological polar surface area (TPSA) is 18.5 Å². The molecular formula is C20H40Br2O2. The number of alkyl halides is 2. The van der Waals surface area contributed by atoms with Gasteiger partial charge in [0.05, 0.1) is 0 Å². The van der Waals surface area contributed by atoms with Gasteiger partial charge in [-0.3, -0.25) is 0 Å². The van der Waals surface area contributed by atoms with E-state index >= 15 is 0 Å². The molecule has 146 valence electrons.